The van der Waals surface area contributed by atoms with Crippen LogP contribution in [-0.2, 0) is 11.3 Å². The highest BCUT2D eigenvalue weighted by Gasteiger charge is 2.37. The summed E-state index contributed by atoms with van der Waals surface area (Å²) in [6, 6.07) is 8.21. The predicted molar refractivity (Wildman–Crippen MR) is 119 cm³/mol. The molecule has 0 bridgehead atoms. The molecule has 0 aliphatic carbocycles. The number of carbonyl (C=O) groups excluding carboxylic acids is 2. The van der Waals surface area contributed by atoms with Crippen molar-refractivity contribution in [2.24, 2.45) is 0 Å². The third-order valence-corrected chi connectivity index (χ3v) is 6.06. The second kappa shape index (κ2) is 7.67. The average Bonchev–Trinajstić information content (AvgIpc) is 3.13. The monoisotopic (exact) mass is 425 g/mol. The van der Waals surface area contributed by atoms with Gasteiger partial charge >= 0.3 is 12.0 Å². The molecule has 1 aromatic carbocycles. The minimum atomic E-state index is -0.623. The molecule has 0 unspecified atom stereocenters. The lowest BCUT2D eigenvalue weighted by Crippen LogP contribution is -2.59. The molecule has 8 nitrogen and oxygen atoms in total. The van der Waals surface area contributed by atoms with Crippen LogP contribution in [0.25, 0.3) is 5.69 Å². The Labute approximate surface area is 183 Å². The summed E-state index contributed by atoms with van der Waals surface area (Å²) in [7, 11) is 2.10. The van der Waals surface area contributed by atoms with E-state index in [-0.39, 0.29) is 30.4 Å². The van der Waals surface area contributed by atoms with Crippen LogP contribution in [0.4, 0.5) is 10.5 Å². The Kier molecular flexibility index (Phi) is 5.29. The number of amides is 2. The molecule has 0 radical (unpaired) electrons. The van der Waals surface area contributed by atoms with Crippen molar-refractivity contribution in [3.8, 4) is 5.69 Å². The Morgan fingerprint density at radius 1 is 1.06 bits per heavy atom. The van der Waals surface area contributed by atoms with Crippen LogP contribution in [-0.4, -0.2) is 69.2 Å². The highest BCUT2D eigenvalue weighted by Crippen LogP contribution is 2.34. The van der Waals surface area contributed by atoms with E-state index in [1.165, 1.54) is 0 Å². The summed E-state index contributed by atoms with van der Waals surface area (Å²) in [6.45, 7) is 11.3. The molecule has 2 aliphatic rings. The Morgan fingerprint density at radius 2 is 1.68 bits per heavy atom. The van der Waals surface area contributed by atoms with Crippen LogP contribution in [0.2, 0.25) is 0 Å². The molecule has 1 fully saturated rings. The lowest BCUT2D eigenvalue weighted by atomic mass is 10.1. The van der Waals surface area contributed by atoms with Crippen molar-refractivity contribution in [1.29, 1.82) is 0 Å². The SMILES string of the molecule is C[C@@H]1CN(C(=O)N2Cc3c(C(=O)OC(C)(C)C)ncn3-c3ccccc32)C[C@H](C)N1C. The minimum Gasteiger partial charge on any atom is -0.455 e. The fourth-order valence-corrected chi connectivity index (χ4v) is 4.26. The van der Waals surface area contributed by atoms with Gasteiger partial charge in [-0.2, -0.15) is 0 Å². The van der Waals surface area contributed by atoms with E-state index in [0.717, 1.165) is 11.4 Å². The Morgan fingerprint density at radius 3 is 2.29 bits per heavy atom. The number of anilines is 1. The van der Waals surface area contributed by atoms with Gasteiger partial charge in [-0.25, -0.2) is 14.6 Å². The van der Waals surface area contributed by atoms with E-state index in [1.807, 2.05) is 54.5 Å². The summed E-state index contributed by atoms with van der Waals surface area (Å²) in [5.41, 5.74) is 1.93. The van der Waals surface area contributed by atoms with E-state index >= 15 is 0 Å². The maximum absolute atomic E-state index is 13.6. The number of para-hydroxylation sites is 2. The zero-order valence-electron chi connectivity index (χ0n) is 19.1. The second-order valence-corrected chi connectivity index (χ2v) is 9.54. The molecule has 0 N–H and O–H groups in total. The molecule has 2 aromatic rings. The van der Waals surface area contributed by atoms with Crippen LogP contribution in [0.3, 0.4) is 0 Å². The van der Waals surface area contributed by atoms with Gasteiger partial charge < -0.3 is 9.64 Å². The van der Waals surface area contributed by atoms with Crippen LogP contribution in [0.1, 0.15) is 50.8 Å². The van der Waals surface area contributed by atoms with Crippen LogP contribution >= 0.6 is 0 Å². The molecule has 3 heterocycles. The summed E-state index contributed by atoms with van der Waals surface area (Å²) in [4.78, 5) is 36.7. The number of hydrogen-bond acceptors (Lipinski definition) is 5. The van der Waals surface area contributed by atoms with Crippen LogP contribution in [0.5, 0.6) is 0 Å². The number of imidazole rings is 1. The van der Waals surface area contributed by atoms with Crippen molar-refractivity contribution < 1.29 is 14.3 Å². The van der Waals surface area contributed by atoms with Gasteiger partial charge in [-0.1, -0.05) is 12.1 Å². The minimum absolute atomic E-state index is 0.0539. The molecular formula is C23H31N5O3. The van der Waals surface area contributed by atoms with Crippen molar-refractivity contribution in [2.45, 2.75) is 58.8 Å². The molecule has 1 aromatic heterocycles. The standard InChI is InChI=1S/C23H31N5O3/c1-15-11-26(12-16(2)25(15)6)22(30)27-13-19-20(21(29)31-23(3,4)5)24-14-28(19)18-10-8-7-9-17(18)27/h7-10,14-16H,11-13H2,1-6H3/t15-,16+. The molecule has 166 valence electrons. The van der Waals surface area contributed by atoms with Gasteiger partial charge in [-0.15, -0.1) is 0 Å². The molecule has 31 heavy (non-hydrogen) atoms. The van der Waals surface area contributed by atoms with Crippen molar-refractivity contribution in [2.75, 3.05) is 25.0 Å². The smallest absolute Gasteiger partial charge is 0.359 e. The summed E-state index contributed by atoms with van der Waals surface area (Å²) in [5.74, 6) is -0.477. The Balaban J connectivity index is 1.69. The van der Waals surface area contributed by atoms with Gasteiger partial charge in [0.25, 0.3) is 0 Å². The van der Waals surface area contributed by atoms with Crippen LogP contribution in [0.15, 0.2) is 30.6 Å². The van der Waals surface area contributed by atoms with Gasteiger partial charge in [0.2, 0.25) is 0 Å². The van der Waals surface area contributed by atoms with Crippen molar-refractivity contribution in [1.82, 2.24) is 19.4 Å². The molecule has 8 heteroatoms. The van der Waals surface area contributed by atoms with Crippen molar-refractivity contribution in [3.05, 3.63) is 42.0 Å². The second-order valence-electron chi connectivity index (χ2n) is 9.54. The van der Waals surface area contributed by atoms with E-state index in [0.29, 0.717) is 18.8 Å². The van der Waals surface area contributed by atoms with E-state index < -0.39 is 11.6 Å². The number of esters is 1. The zero-order chi connectivity index (χ0) is 22.5. The number of rotatable bonds is 1. The summed E-state index contributed by atoms with van der Waals surface area (Å²) < 4.78 is 7.44. The van der Waals surface area contributed by atoms with Gasteiger partial charge in [-0.3, -0.25) is 14.4 Å². The number of hydrogen-bond donors (Lipinski definition) is 0. The van der Waals surface area contributed by atoms with Crippen LogP contribution in [0, 0.1) is 0 Å². The number of benzene rings is 1. The van der Waals surface area contributed by atoms with Crippen molar-refractivity contribution >= 4 is 17.7 Å². The maximum atomic E-state index is 13.6. The molecule has 2 aliphatic heterocycles. The lowest BCUT2D eigenvalue weighted by Gasteiger charge is -2.44. The summed E-state index contributed by atoms with van der Waals surface area (Å²) >= 11 is 0. The fourth-order valence-electron chi connectivity index (χ4n) is 4.26. The first-order chi connectivity index (χ1) is 14.6. The molecule has 1 saturated heterocycles. The van der Waals surface area contributed by atoms with Crippen LogP contribution < -0.4 is 4.90 Å². The molecule has 0 saturated carbocycles. The lowest BCUT2D eigenvalue weighted by molar-refractivity contribution is 0.00619. The third-order valence-electron chi connectivity index (χ3n) is 6.06. The average molecular weight is 426 g/mol. The van der Waals surface area contributed by atoms with E-state index in [9.17, 15) is 9.59 Å². The number of piperazine rings is 1. The van der Waals surface area contributed by atoms with Gasteiger partial charge in [0.1, 0.15) is 11.9 Å². The largest absolute Gasteiger partial charge is 0.455 e. The number of carbonyl (C=O) groups is 2. The first kappa shape index (κ1) is 21.4. The predicted octanol–water partition coefficient (Wildman–Crippen LogP) is 3.29. The third kappa shape index (κ3) is 3.92. The highest BCUT2D eigenvalue weighted by molar-refractivity contribution is 5.96. The van der Waals surface area contributed by atoms with Crippen molar-refractivity contribution in [3.63, 3.8) is 0 Å². The zero-order valence-corrected chi connectivity index (χ0v) is 19.1. The first-order valence-electron chi connectivity index (χ1n) is 10.7. The first-order valence-corrected chi connectivity index (χ1v) is 10.7. The number of fused-ring (bicyclic) bond motifs is 3. The summed E-state index contributed by atoms with van der Waals surface area (Å²) in [6.07, 6.45) is 1.63. The van der Waals surface area contributed by atoms with Gasteiger partial charge in [0, 0.05) is 25.2 Å². The van der Waals surface area contributed by atoms with Gasteiger partial charge in [0.15, 0.2) is 5.69 Å². The van der Waals surface area contributed by atoms with Gasteiger partial charge in [-0.05, 0) is 53.8 Å². The highest BCUT2D eigenvalue weighted by atomic mass is 16.6. The molecule has 4 rings (SSSR count). The number of ether oxygens (including phenoxy) is 1. The molecule has 2 atom stereocenters. The summed E-state index contributed by atoms with van der Waals surface area (Å²) in [5, 5.41) is 0. The molecule has 2 amide bonds. The number of nitrogens with zero attached hydrogens (tertiary/aromatic N) is 5. The van der Waals surface area contributed by atoms with Gasteiger partial charge in [0.05, 0.1) is 23.6 Å². The number of aromatic nitrogens is 2. The van der Waals surface area contributed by atoms with E-state index in [2.05, 4.69) is 30.8 Å². The Bertz CT molecular complexity index is 997. The van der Waals surface area contributed by atoms with E-state index in [1.54, 1.807) is 11.2 Å². The number of likely N-dealkylation sites (N-methyl/N-ethyl adjacent to an activating group) is 1. The Hall–Kier alpha value is -2.87. The molecular weight excluding hydrogens is 394 g/mol. The quantitative estimate of drug-likeness (QED) is 0.656. The number of urea groups is 1. The molecule has 0 spiro atoms. The topological polar surface area (TPSA) is 70.9 Å². The normalized spacial score (nSPS) is 21.5. The fraction of sp³-hybridized carbons (Fsp3) is 0.522. The maximum Gasteiger partial charge on any atom is 0.359 e. The van der Waals surface area contributed by atoms with E-state index in [4.69, 9.17) is 4.74 Å².